The molecule has 0 aromatic carbocycles. The number of alkyl halides is 3. The van der Waals surface area contributed by atoms with Gasteiger partial charge in [-0.15, -0.1) is 5.10 Å². The molecule has 4 rings (SSSR count). The zero-order valence-corrected chi connectivity index (χ0v) is 31.5. The van der Waals surface area contributed by atoms with E-state index in [2.05, 4.69) is 52.1 Å². The van der Waals surface area contributed by atoms with Gasteiger partial charge in [0.05, 0.1) is 11.0 Å². The lowest BCUT2D eigenvalue weighted by molar-refractivity contribution is -0.190. The summed E-state index contributed by atoms with van der Waals surface area (Å²) in [4.78, 5) is 48.1. The molecule has 2 aliphatic rings. The number of Topliss-reactive ketones (excluding diaryl/α,β-unsaturated/α-hetero) is 1. The Morgan fingerprint density at radius 1 is 1.19 bits per heavy atom. The van der Waals surface area contributed by atoms with Gasteiger partial charge in [0.25, 0.3) is 5.91 Å². The number of hydrogen-bond acceptors (Lipinski definition) is 10. The van der Waals surface area contributed by atoms with E-state index in [1.807, 2.05) is 25.7 Å². The quantitative estimate of drug-likeness (QED) is 0.0660. The Bertz CT molecular complexity index is 1700. The number of halogens is 4. The van der Waals surface area contributed by atoms with E-state index < -0.39 is 41.9 Å². The van der Waals surface area contributed by atoms with Crippen molar-refractivity contribution in [1.82, 2.24) is 29.7 Å². The van der Waals surface area contributed by atoms with Gasteiger partial charge in [-0.3, -0.25) is 14.3 Å². The van der Waals surface area contributed by atoms with Crippen LogP contribution in [-0.4, -0.2) is 79.5 Å². The smallest absolute Gasteiger partial charge is 0.410 e. The van der Waals surface area contributed by atoms with Crippen molar-refractivity contribution < 1.29 is 37.0 Å². The summed E-state index contributed by atoms with van der Waals surface area (Å²) in [6, 6.07) is 4.36. The molecule has 0 spiro atoms. The van der Waals surface area contributed by atoms with Crippen LogP contribution in [0.3, 0.4) is 0 Å². The van der Waals surface area contributed by atoms with E-state index in [9.17, 15) is 27.6 Å². The fraction of sp³-hybridized carbons (Fsp3) is 0.543. The number of hydrogen-bond donors (Lipinski definition) is 2. The van der Waals surface area contributed by atoms with Gasteiger partial charge in [0, 0.05) is 49.3 Å². The van der Waals surface area contributed by atoms with Gasteiger partial charge in [0.1, 0.15) is 28.2 Å². The summed E-state index contributed by atoms with van der Waals surface area (Å²) >= 11 is 7.23. The molecule has 1 aliphatic heterocycles. The number of likely N-dealkylation sites (tertiary alicyclic amines) is 1. The summed E-state index contributed by atoms with van der Waals surface area (Å²) in [5.41, 5.74) is -2.69. The number of carbonyl (C=O) groups excluding carboxylic acids is 3. The summed E-state index contributed by atoms with van der Waals surface area (Å²) in [7, 11) is 0. The van der Waals surface area contributed by atoms with Crippen LogP contribution in [0.25, 0.3) is 5.82 Å². The number of pyridine rings is 1. The number of aromatic nitrogens is 3. The highest BCUT2D eigenvalue weighted by Gasteiger charge is 2.63. The van der Waals surface area contributed by atoms with Crippen LogP contribution in [-0.2, 0) is 9.53 Å². The first-order valence-corrected chi connectivity index (χ1v) is 18.0. The number of amides is 2. The van der Waals surface area contributed by atoms with Crippen molar-refractivity contribution >= 4 is 46.4 Å². The summed E-state index contributed by atoms with van der Waals surface area (Å²) < 4.78 is 54.2. The molecule has 0 radical (unpaired) electrons. The molecule has 2 aromatic heterocycles. The molecule has 2 N–H and O–H groups in total. The Morgan fingerprint density at radius 3 is 2.52 bits per heavy atom. The first-order chi connectivity index (χ1) is 24.2. The second kappa shape index (κ2) is 16.3. The van der Waals surface area contributed by atoms with Gasteiger partial charge < -0.3 is 19.7 Å². The maximum absolute atomic E-state index is 13.1. The predicted octanol–water partition coefficient (Wildman–Crippen LogP) is 7.44. The molecule has 284 valence electrons. The van der Waals surface area contributed by atoms with Crippen molar-refractivity contribution in [2.24, 2.45) is 16.3 Å². The molecule has 2 fully saturated rings. The van der Waals surface area contributed by atoms with Crippen molar-refractivity contribution in [3.8, 4) is 11.7 Å². The highest BCUT2D eigenvalue weighted by molar-refractivity contribution is 8.13. The minimum absolute atomic E-state index is 0.0122. The van der Waals surface area contributed by atoms with Gasteiger partial charge >= 0.3 is 12.3 Å². The zero-order chi connectivity index (χ0) is 38.5. The Balaban J connectivity index is 1.20. The van der Waals surface area contributed by atoms with Gasteiger partial charge in [-0.05, 0) is 90.8 Å². The molecular formula is C35H45ClF3N7O5S. The number of carbonyl (C=O) groups is 3. The predicted molar refractivity (Wildman–Crippen MR) is 193 cm³/mol. The van der Waals surface area contributed by atoms with Crippen LogP contribution in [0.5, 0.6) is 5.88 Å². The van der Waals surface area contributed by atoms with Crippen LogP contribution in [0.15, 0.2) is 54.4 Å². The van der Waals surface area contributed by atoms with Crippen LogP contribution in [0.1, 0.15) is 83.5 Å². The van der Waals surface area contributed by atoms with E-state index >= 15 is 0 Å². The Hall–Kier alpha value is -4.05. The third kappa shape index (κ3) is 11.0. The van der Waals surface area contributed by atoms with Gasteiger partial charge in [-0.2, -0.15) is 13.2 Å². The molecule has 1 saturated carbocycles. The van der Waals surface area contributed by atoms with Crippen LogP contribution in [0, 0.1) is 11.3 Å². The van der Waals surface area contributed by atoms with Crippen LogP contribution in [0.2, 0.25) is 5.15 Å². The second-order valence-corrected chi connectivity index (χ2v) is 15.7. The standard InChI is InChI=1S/C35H45ClF3N7O5S/c1-8-28(41-22(2)40-16-9-10-23-18-33(6,7)45(20-23)31(49)51-32(3,4)5)52-44-30(48)25-11-12-26(42-29(25)36)46-17-13-27(43-46)50-21-24(47)19-34(14-15-34)35(37,38)39/h8,11-13,17,23,40H,1-2,9-10,14-16,18-21H2,3-7H3,(H,44,48)/b41-28+. The van der Waals surface area contributed by atoms with E-state index in [-0.39, 0.29) is 46.9 Å². The molecule has 12 nitrogen and oxygen atoms in total. The number of ketones is 1. The van der Waals surface area contributed by atoms with Crippen LogP contribution < -0.4 is 14.8 Å². The number of nitrogens with one attached hydrogen (secondary N) is 2. The fourth-order valence-corrected chi connectivity index (χ4v) is 6.59. The number of ether oxygens (including phenoxy) is 2. The third-order valence-corrected chi connectivity index (χ3v) is 9.65. The van der Waals surface area contributed by atoms with Crippen molar-refractivity contribution in [2.45, 2.75) is 90.5 Å². The summed E-state index contributed by atoms with van der Waals surface area (Å²) in [5, 5.41) is 7.57. The minimum atomic E-state index is -4.42. The van der Waals surface area contributed by atoms with Crippen molar-refractivity contribution in [2.75, 3.05) is 19.7 Å². The molecular weight excluding hydrogens is 723 g/mol. The number of rotatable bonds is 14. The lowest BCUT2D eigenvalue weighted by atomic mass is 9.93. The topological polar surface area (TPSA) is 140 Å². The molecule has 2 aromatic rings. The van der Waals surface area contributed by atoms with Gasteiger partial charge in [-0.25, -0.2) is 19.5 Å². The van der Waals surface area contributed by atoms with Crippen LogP contribution >= 0.6 is 23.5 Å². The first kappa shape index (κ1) is 40.7. The molecule has 0 bridgehead atoms. The van der Waals surface area contributed by atoms with E-state index in [1.54, 1.807) is 0 Å². The summed E-state index contributed by atoms with van der Waals surface area (Å²) in [6.07, 6.45) is 0.106. The minimum Gasteiger partial charge on any atom is -0.469 e. The molecule has 2 amide bonds. The Labute approximate surface area is 310 Å². The molecule has 52 heavy (non-hydrogen) atoms. The highest BCUT2D eigenvalue weighted by Crippen LogP contribution is 2.60. The maximum atomic E-state index is 13.1. The summed E-state index contributed by atoms with van der Waals surface area (Å²) in [6.45, 7) is 18.1. The maximum Gasteiger partial charge on any atom is 0.410 e. The van der Waals surface area contributed by atoms with Gasteiger partial charge in [-0.1, -0.05) is 24.8 Å². The molecule has 1 saturated heterocycles. The van der Waals surface area contributed by atoms with E-state index in [0.29, 0.717) is 29.9 Å². The monoisotopic (exact) mass is 767 g/mol. The number of aliphatic imine (C=N–C) groups is 1. The average molecular weight is 768 g/mol. The lowest BCUT2D eigenvalue weighted by Crippen LogP contribution is -2.45. The molecule has 1 atom stereocenters. The molecule has 3 heterocycles. The molecule has 1 unspecified atom stereocenters. The third-order valence-electron chi connectivity index (χ3n) is 8.61. The number of nitrogens with zero attached hydrogens (tertiary/aromatic N) is 5. The van der Waals surface area contributed by atoms with E-state index in [4.69, 9.17) is 21.1 Å². The molecule has 17 heteroatoms. The van der Waals surface area contributed by atoms with Crippen LogP contribution in [0.4, 0.5) is 18.0 Å². The Kier molecular flexibility index (Phi) is 12.8. The van der Waals surface area contributed by atoms with Crippen molar-refractivity contribution in [3.63, 3.8) is 0 Å². The highest BCUT2D eigenvalue weighted by atomic mass is 35.5. The lowest BCUT2D eigenvalue weighted by Gasteiger charge is -2.33. The van der Waals surface area contributed by atoms with Gasteiger partial charge in [0.15, 0.2) is 11.6 Å². The molecule has 1 aliphatic carbocycles. The Morgan fingerprint density at radius 2 is 1.90 bits per heavy atom. The summed E-state index contributed by atoms with van der Waals surface area (Å²) in [5.74, 6) is -0.231. The second-order valence-electron chi connectivity index (χ2n) is 14.6. The normalized spacial score (nSPS) is 18.1. The van der Waals surface area contributed by atoms with Crippen molar-refractivity contribution in [3.05, 3.63) is 60.2 Å². The fourth-order valence-electron chi connectivity index (χ4n) is 5.81. The first-order valence-electron chi connectivity index (χ1n) is 16.8. The SMILES string of the molecule is C=C/C(=N\C(=C)NCCCC1CN(C(=O)OC(C)(C)C)C(C)(C)C1)SNC(=O)c1ccc(-n2ccc(OCC(=O)CC3(C(F)(F)F)CC3)n2)nc1Cl. The average Bonchev–Trinajstić information content (AvgIpc) is 3.56. The largest absolute Gasteiger partial charge is 0.469 e. The van der Waals surface area contributed by atoms with Gasteiger partial charge in [0.2, 0.25) is 5.88 Å². The zero-order valence-electron chi connectivity index (χ0n) is 29.9. The van der Waals surface area contributed by atoms with E-state index in [0.717, 1.165) is 31.2 Å². The van der Waals surface area contributed by atoms with Crippen molar-refractivity contribution in [1.29, 1.82) is 0 Å². The van der Waals surface area contributed by atoms with E-state index in [1.165, 1.54) is 35.2 Å².